The van der Waals surface area contributed by atoms with Crippen LogP contribution in [-0.2, 0) is 20.2 Å². The number of phenolic OH excluding ortho intramolecular Hbond substituents is 2. The van der Waals surface area contributed by atoms with Gasteiger partial charge in [-0.3, -0.25) is 9.11 Å². The van der Waals surface area contributed by atoms with E-state index in [2.05, 4.69) is 0 Å². The summed E-state index contributed by atoms with van der Waals surface area (Å²) in [4.78, 5) is 0. The van der Waals surface area contributed by atoms with Gasteiger partial charge in [-0.25, -0.2) is 0 Å². The summed E-state index contributed by atoms with van der Waals surface area (Å²) in [6.07, 6.45) is -13.6. The number of halogens is 14. The molecule has 214 valence electrons. The molecule has 0 aliphatic rings. The third-order valence-corrected chi connectivity index (χ3v) is 4.75. The maximum absolute atomic E-state index is 11.9. The summed E-state index contributed by atoms with van der Waals surface area (Å²) in [6.45, 7) is 0. The smallest absolute Gasteiger partial charge is 0.461 e. The quantitative estimate of drug-likeness (QED) is 0.222. The second-order valence-electron chi connectivity index (χ2n) is 5.64. The molecule has 36 heavy (non-hydrogen) atoms. The Morgan fingerprint density at radius 1 is 0.472 bits per heavy atom. The summed E-state index contributed by atoms with van der Waals surface area (Å²) in [5.74, 6) is -13.4. The number of benzene rings is 1. The molecule has 0 heterocycles. The van der Waals surface area contributed by atoms with Gasteiger partial charge in [-0.05, 0) is 24.3 Å². The van der Waals surface area contributed by atoms with Crippen LogP contribution in [0.25, 0.3) is 0 Å². The second-order valence-corrected chi connectivity index (χ2v) is 8.57. The first kappa shape index (κ1) is 35.8. The maximum Gasteiger partial charge on any atom is 0.461 e. The molecule has 4 N–H and O–H groups in total. The summed E-state index contributed by atoms with van der Waals surface area (Å²) in [5, 5.41) is 4.07. The van der Waals surface area contributed by atoms with Gasteiger partial charge >= 0.3 is 54.9 Å². The highest BCUT2D eigenvalue weighted by Gasteiger charge is 2.79. The zero-order chi connectivity index (χ0) is 30.0. The van der Waals surface area contributed by atoms with E-state index in [1.807, 2.05) is 0 Å². The van der Waals surface area contributed by atoms with Crippen LogP contribution < -0.4 is 0 Å². The van der Waals surface area contributed by atoms with Gasteiger partial charge in [0.1, 0.15) is 11.5 Å². The lowest BCUT2D eigenvalue weighted by molar-refractivity contribution is -0.333. The van der Waals surface area contributed by atoms with Crippen molar-refractivity contribution in [2.24, 2.45) is 0 Å². The van der Waals surface area contributed by atoms with Gasteiger partial charge < -0.3 is 10.2 Å². The van der Waals surface area contributed by atoms with Crippen molar-refractivity contribution in [1.82, 2.24) is 0 Å². The number of hydrogen-bond acceptors (Lipinski definition) is 6. The van der Waals surface area contributed by atoms with E-state index in [9.17, 15) is 78.3 Å². The van der Waals surface area contributed by atoms with Gasteiger partial charge in [0.15, 0.2) is 0 Å². The van der Waals surface area contributed by atoms with Crippen molar-refractivity contribution in [1.29, 1.82) is 0 Å². The summed E-state index contributed by atoms with van der Waals surface area (Å²) >= 11 is 0. The predicted molar refractivity (Wildman–Crippen MR) is 84.8 cm³/mol. The molecule has 0 amide bonds. The zero-order valence-electron chi connectivity index (χ0n) is 15.8. The lowest BCUT2D eigenvalue weighted by Gasteiger charge is -2.25. The second kappa shape index (κ2) is 10.6. The first-order valence-electron chi connectivity index (χ1n) is 7.35. The van der Waals surface area contributed by atoms with E-state index in [4.69, 9.17) is 19.3 Å². The largest absolute Gasteiger partial charge is 0.508 e. The monoisotopic (exact) mass is 610 g/mol. The van der Waals surface area contributed by atoms with Gasteiger partial charge in [0.2, 0.25) is 0 Å². The Morgan fingerprint density at radius 3 is 0.722 bits per heavy atom. The highest BCUT2D eigenvalue weighted by Crippen LogP contribution is 2.49. The van der Waals surface area contributed by atoms with Gasteiger partial charge in [0.05, 0.1) is 0 Å². The fourth-order valence-corrected chi connectivity index (χ4v) is 1.99. The molecule has 8 nitrogen and oxygen atoms in total. The Labute approximate surface area is 189 Å². The van der Waals surface area contributed by atoms with Crippen LogP contribution in [0.5, 0.6) is 11.5 Å². The van der Waals surface area contributed by atoms with Crippen molar-refractivity contribution in [3.05, 3.63) is 24.3 Å². The molecule has 24 heteroatoms. The highest BCUT2D eigenvalue weighted by molar-refractivity contribution is 7.87. The van der Waals surface area contributed by atoms with E-state index in [1.54, 1.807) is 0 Å². The molecular weight excluding hydrogens is 602 g/mol. The molecule has 1 aromatic carbocycles. The van der Waals surface area contributed by atoms with E-state index >= 15 is 0 Å². The van der Waals surface area contributed by atoms with Crippen LogP contribution in [0.4, 0.5) is 61.5 Å². The summed E-state index contributed by atoms with van der Waals surface area (Å²) < 4.78 is 216. The number of aromatic hydroxyl groups is 2. The molecule has 0 aromatic heterocycles. The number of alkyl halides is 14. The molecule has 0 radical (unpaired) electrons. The molecule has 0 aliphatic carbocycles. The average Bonchev–Trinajstić information content (AvgIpc) is 2.61. The molecule has 1 rings (SSSR count). The lowest BCUT2D eigenvalue weighted by Crippen LogP contribution is -2.55. The molecule has 0 fully saturated rings. The van der Waals surface area contributed by atoms with Gasteiger partial charge in [-0.2, -0.15) is 78.3 Å². The highest BCUT2D eigenvalue weighted by atomic mass is 32.2. The number of rotatable bonds is 4. The van der Waals surface area contributed by atoms with Gasteiger partial charge in [0.25, 0.3) is 0 Å². The molecule has 1 aromatic rings. The third-order valence-electron chi connectivity index (χ3n) is 2.94. The van der Waals surface area contributed by atoms with E-state index < -0.39 is 54.9 Å². The minimum Gasteiger partial charge on any atom is -0.508 e. The Balaban J connectivity index is 0. The Morgan fingerprint density at radius 2 is 0.639 bits per heavy atom. The average molecular weight is 610 g/mol. The molecule has 0 saturated heterocycles. The SMILES string of the molecule is O=S(=O)(O)C(F)(F)C(F)(F)C(F)(F)F.O=S(=O)(O)C(F)(F)C(F)(F)C(F)(F)F.Oc1ccc(O)cc1. The fraction of sp³-hybridized carbons (Fsp3) is 0.500. The molecule has 0 aliphatic heterocycles. The minimum absolute atomic E-state index is 0.169. The molecule has 0 spiro atoms. The van der Waals surface area contributed by atoms with E-state index in [-0.39, 0.29) is 11.5 Å². The first-order valence-corrected chi connectivity index (χ1v) is 10.2. The van der Waals surface area contributed by atoms with Gasteiger partial charge in [0, 0.05) is 0 Å². The molecular formula is C12H8F14O8S2. The van der Waals surface area contributed by atoms with E-state index in [1.165, 1.54) is 24.3 Å². The van der Waals surface area contributed by atoms with Crippen molar-refractivity contribution in [2.75, 3.05) is 0 Å². The van der Waals surface area contributed by atoms with Crippen molar-refractivity contribution < 1.29 is 97.6 Å². The van der Waals surface area contributed by atoms with Crippen molar-refractivity contribution >= 4 is 20.2 Å². The fourth-order valence-electron chi connectivity index (χ4n) is 1.11. The summed E-state index contributed by atoms with van der Waals surface area (Å²) in [7, 11) is -13.7. The predicted octanol–water partition coefficient (Wildman–Crippen LogP) is 4.43. The molecule has 0 bridgehead atoms. The Kier molecular flexibility index (Phi) is 10.5. The lowest BCUT2D eigenvalue weighted by atomic mass is 10.3. The van der Waals surface area contributed by atoms with E-state index in [0.29, 0.717) is 0 Å². The van der Waals surface area contributed by atoms with Crippen LogP contribution in [0.1, 0.15) is 0 Å². The van der Waals surface area contributed by atoms with Crippen LogP contribution in [0.3, 0.4) is 0 Å². The standard InChI is InChI=1S/C6H6O2.2C3HF7O3S/c7-5-1-2-6(8)4-3-5;2*4-1(5,2(6,7)8)3(9,10)14(11,12)13/h1-4,7-8H;2*(H,11,12,13). The van der Waals surface area contributed by atoms with Crippen molar-refractivity contribution in [2.45, 2.75) is 34.7 Å². The van der Waals surface area contributed by atoms with Crippen molar-refractivity contribution in [3.8, 4) is 11.5 Å². The number of phenols is 2. The third kappa shape index (κ3) is 7.83. The summed E-state index contributed by atoms with van der Waals surface area (Å²) in [5.41, 5.74) is 0. The number of hydrogen-bond donors (Lipinski definition) is 4. The topological polar surface area (TPSA) is 149 Å². The molecule has 0 unspecified atom stereocenters. The minimum atomic E-state index is -6.85. The zero-order valence-corrected chi connectivity index (χ0v) is 17.5. The Hall–Kier alpha value is -2.34. The van der Waals surface area contributed by atoms with Crippen LogP contribution in [0.15, 0.2) is 24.3 Å². The first-order chi connectivity index (χ1) is 15.3. The normalized spacial score (nSPS) is 14.2. The van der Waals surface area contributed by atoms with Crippen molar-refractivity contribution in [3.63, 3.8) is 0 Å². The van der Waals surface area contributed by atoms with Crippen LogP contribution in [-0.4, -0.2) is 70.9 Å². The van der Waals surface area contributed by atoms with Crippen LogP contribution >= 0.6 is 0 Å². The summed E-state index contributed by atoms with van der Waals surface area (Å²) in [6, 6.07) is 5.70. The molecule has 0 saturated carbocycles. The van der Waals surface area contributed by atoms with Crippen LogP contribution in [0.2, 0.25) is 0 Å². The maximum atomic E-state index is 11.9. The Bertz CT molecular complexity index is 989. The van der Waals surface area contributed by atoms with Gasteiger partial charge in [-0.15, -0.1) is 0 Å². The molecule has 0 atom stereocenters. The van der Waals surface area contributed by atoms with Crippen LogP contribution in [0, 0.1) is 0 Å². The van der Waals surface area contributed by atoms with E-state index in [0.717, 1.165) is 0 Å². The van der Waals surface area contributed by atoms with Gasteiger partial charge in [-0.1, -0.05) is 0 Å².